The third kappa shape index (κ3) is 5.66. The number of hydrogen-bond acceptors (Lipinski definition) is 4. The maximum atomic E-state index is 5.54. The van der Waals surface area contributed by atoms with Crippen LogP contribution in [0.5, 0.6) is 11.5 Å². The van der Waals surface area contributed by atoms with Crippen molar-refractivity contribution in [3.63, 3.8) is 0 Å². The van der Waals surface area contributed by atoms with Crippen LogP contribution in [0.25, 0.3) is 0 Å². The number of hydrogen-bond donors (Lipinski definition) is 2. The van der Waals surface area contributed by atoms with Crippen molar-refractivity contribution in [1.82, 2.24) is 15.5 Å². The Bertz CT molecular complexity index is 804. The molecule has 2 aromatic carbocycles. The molecule has 6 heteroatoms. The molecule has 1 atom stereocenters. The lowest BCUT2D eigenvalue weighted by Crippen LogP contribution is -2.42. The van der Waals surface area contributed by atoms with Gasteiger partial charge in [-0.2, -0.15) is 0 Å². The molecule has 162 valence electrons. The van der Waals surface area contributed by atoms with Gasteiger partial charge in [-0.05, 0) is 44.5 Å². The van der Waals surface area contributed by atoms with Crippen LogP contribution in [0.15, 0.2) is 53.5 Å². The van der Waals surface area contributed by atoms with Crippen LogP contribution in [-0.4, -0.2) is 51.3 Å². The number of nitrogens with zero attached hydrogens (tertiary/aromatic N) is 2. The molecule has 6 nitrogen and oxygen atoms in total. The number of aliphatic imine (C=N–C) groups is 1. The molecule has 0 aromatic heterocycles. The first-order chi connectivity index (χ1) is 14.8. The Morgan fingerprint density at radius 1 is 1.00 bits per heavy atom. The Morgan fingerprint density at radius 3 is 2.43 bits per heavy atom. The number of ether oxygens (including phenoxy) is 2. The standard InChI is InChI=1S/C24H34N4O2/c1-4-25-24(26-17-20-13-10-14-22(29-2)23(20)30-3)27-18-21(28-15-8-9-16-28)19-11-6-5-7-12-19/h5-7,10-14,21H,4,8-9,15-18H2,1-3H3,(H2,25,26,27). The van der Waals surface area contributed by atoms with Crippen LogP contribution in [0.4, 0.5) is 0 Å². The molecular formula is C24H34N4O2. The van der Waals surface area contributed by atoms with Gasteiger partial charge in [-0.3, -0.25) is 4.90 Å². The molecule has 30 heavy (non-hydrogen) atoms. The van der Waals surface area contributed by atoms with Crippen LogP contribution >= 0.6 is 0 Å². The van der Waals surface area contributed by atoms with E-state index in [2.05, 4.69) is 52.8 Å². The highest BCUT2D eigenvalue weighted by atomic mass is 16.5. The van der Waals surface area contributed by atoms with Crippen molar-refractivity contribution in [2.75, 3.05) is 40.4 Å². The zero-order chi connectivity index (χ0) is 21.2. The molecule has 2 aromatic rings. The van der Waals surface area contributed by atoms with Gasteiger partial charge in [0.2, 0.25) is 0 Å². The second kappa shape index (κ2) is 11.5. The predicted octanol–water partition coefficient (Wildman–Crippen LogP) is 3.60. The van der Waals surface area contributed by atoms with Crippen molar-refractivity contribution < 1.29 is 9.47 Å². The van der Waals surface area contributed by atoms with Crippen molar-refractivity contribution in [1.29, 1.82) is 0 Å². The number of rotatable bonds is 9. The van der Waals surface area contributed by atoms with Gasteiger partial charge >= 0.3 is 0 Å². The van der Waals surface area contributed by atoms with Crippen LogP contribution in [0.1, 0.15) is 36.9 Å². The van der Waals surface area contributed by atoms with Gasteiger partial charge in [-0.15, -0.1) is 0 Å². The Hall–Kier alpha value is -2.73. The molecule has 1 saturated heterocycles. The van der Waals surface area contributed by atoms with Gasteiger partial charge in [-0.25, -0.2) is 4.99 Å². The zero-order valence-corrected chi connectivity index (χ0v) is 18.4. The summed E-state index contributed by atoms with van der Waals surface area (Å²) in [4.78, 5) is 7.37. The first-order valence-electron chi connectivity index (χ1n) is 10.8. The molecule has 0 spiro atoms. The predicted molar refractivity (Wildman–Crippen MR) is 122 cm³/mol. The summed E-state index contributed by atoms with van der Waals surface area (Å²) in [5.41, 5.74) is 2.34. The molecule has 0 amide bonds. The molecule has 3 rings (SSSR count). The number of likely N-dealkylation sites (tertiary alicyclic amines) is 1. The lowest BCUT2D eigenvalue weighted by molar-refractivity contribution is 0.245. The number of methoxy groups -OCH3 is 2. The highest BCUT2D eigenvalue weighted by molar-refractivity contribution is 5.79. The molecular weight excluding hydrogens is 376 g/mol. The molecule has 0 bridgehead atoms. The molecule has 0 saturated carbocycles. The van der Waals surface area contributed by atoms with Crippen molar-refractivity contribution in [3.8, 4) is 11.5 Å². The van der Waals surface area contributed by atoms with Gasteiger partial charge in [0.25, 0.3) is 0 Å². The Balaban J connectivity index is 1.72. The second-order valence-corrected chi connectivity index (χ2v) is 7.40. The van der Waals surface area contributed by atoms with Crippen LogP contribution in [-0.2, 0) is 6.54 Å². The number of nitrogens with one attached hydrogen (secondary N) is 2. The maximum absolute atomic E-state index is 5.54. The summed E-state index contributed by atoms with van der Waals surface area (Å²) in [5.74, 6) is 2.27. The van der Waals surface area contributed by atoms with E-state index in [9.17, 15) is 0 Å². The summed E-state index contributed by atoms with van der Waals surface area (Å²) in [6, 6.07) is 17.0. The van der Waals surface area contributed by atoms with Crippen molar-refractivity contribution >= 4 is 5.96 Å². The average molecular weight is 411 g/mol. The van der Waals surface area contributed by atoms with Gasteiger partial charge in [0.1, 0.15) is 0 Å². The number of benzene rings is 2. The number of para-hydroxylation sites is 1. The summed E-state index contributed by atoms with van der Waals surface area (Å²) < 4.78 is 10.9. The van der Waals surface area contributed by atoms with E-state index < -0.39 is 0 Å². The van der Waals surface area contributed by atoms with Gasteiger partial charge in [0.15, 0.2) is 17.5 Å². The topological polar surface area (TPSA) is 58.1 Å². The van der Waals surface area contributed by atoms with Gasteiger partial charge in [-0.1, -0.05) is 42.5 Å². The monoisotopic (exact) mass is 410 g/mol. The van der Waals surface area contributed by atoms with Gasteiger partial charge in [0.05, 0.1) is 26.8 Å². The average Bonchev–Trinajstić information content (AvgIpc) is 3.32. The molecule has 2 N–H and O–H groups in total. The molecule has 1 fully saturated rings. The summed E-state index contributed by atoms with van der Waals surface area (Å²) in [6.07, 6.45) is 2.54. The second-order valence-electron chi connectivity index (χ2n) is 7.40. The Kier molecular flexibility index (Phi) is 8.39. The van der Waals surface area contributed by atoms with Crippen molar-refractivity contribution in [2.45, 2.75) is 32.4 Å². The van der Waals surface area contributed by atoms with E-state index in [4.69, 9.17) is 14.5 Å². The van der Waals surface area contributed by atoms with Crippen molar-refractivity contribution in [3.05, 3.63) is 59.7 Å². The fourth-order valence-electron chi connectivity index (χ4n) is 3.96. The molecule has 0 radical (unpaired) electrons. The minimum atomic E-state index is 0.337. The van der Waals surface area contributed by atoms with Gasteiger partial charge in [0, 0.05) is 18.7 Å². The summed E-state index contributed by atoms with van der Waals surface area (Å²) in [5, 5.41) is 6.92. The molecule has 1 aliphatic heterocycles. The first-order valence-corrected chi connectivity index (χ1v) is 10.8. The van der Waals surface area contributed by atoms with Crippen LogP contribution < -0.4 is 20.1 Å². The lowest BCUT2D eigenvalue weighted by Gasteiger charge is -2.29. The summed E-state index contributed by atoms with van der Waals surface area (Å²) >= 11 is 0. The van der Waals surface area contributed by atoms with E-state index >= 15 is 0 Å². The fraction of sp³-hybridized carbons (Fsp3) is 0.458. The van der Waals surface area contributed by atoms with Crippen LogP contribution in [0, 0.1) is 0 Å². The van der Waals surface area contributed by atoms with E-state index in [1.807, 2.05) is 18.2 Å². The van der Waals surface area contributed by atoms with Crippen LogP contribution in [0.3, 0.4) is 0 Å². The lowest BCUT2D eigenvalue weighted by atomic mass is 10.1. The van der Waals surface area contributed by atoms with Gasteiger partial charge < -0.3 is 20.1 Å². The third-order valence-corrected chi connectivity index (χ3v) is 5.46. The minimum absolute atomic E-state index is 0.337. The fourth-order valence-corrected chi connectivity index (χ4v) is 3.96. The highest BCUT2D eigenvalue weighted by Gasteiger charge is 2.23. The maximum Gasteiger partial charge on any atom is 0.191 e. The van der Waals surface area contributed by atoms with E-state index in [0.29, 0.717) is 12.6 Å². The Labute approximate surface area is 180 Å². The van der Waals surface area contributed by atoms with E-state index in [1.54, 1.807) is 14.2 Å². The summed E-state index contributed by atoms with van der Waals surface area (Å²) in [6.45, 7) is 6.51. The zero-order valence-electron chi connectivity index (χ0n) is 18.4. The normalized spacial score (nSPS) is 15.6. The first kappa shape index (κ1) is 22.0. The van der Waals surface area contributed by atoms with Crippen molar-refractivity contribution in [2.24, 2.45) is 4.99 Å². The third-order valence-electron chi connectivity index (χ3n) is 5.46. The molecule has 1 aliphatic rings. The SMILES string of the molecule is CCNC(=NCc1cccc(OC)c1OC)NCC(c1ccccc1)N1CCCC1. The molecule has 1 heterocycles. The molecule has 1 unspecified atom stereocenters. The smallest absolute Gasteiger partial charge is 0.191 e. The van der Waals surface area contributed by atoms with E-state index in [-0.39, 0.29) is 0 Å². The largest absolute Gasteiger partial charge is 0.493 e. The van der Waals surface area contributed by atoms with E-state index in [0.717, 1.165) is 49.2 Å². The number of guanidine groups is 1. The minimum Gasteiger partial charge on any atom is -0.493 e. The van der Waals surface area contributed by atoms with E-state index in [1.165, 1.54) is 18.4 Å². The summed E-state index contributed by atoms with van der Waals surface area (Å²) in [7, 11) is 3.31. The highest BCUT2D eigenvalue weighted by Crippen LogP contribution is 2.31. The molecule has 0 aliphatic carbocycles. The quantitative estimate of drug-likeness (QED) is 0.489. The van der Waals surface area contributed by atoms with Crippen LogP contribution in [0.2, 0.25) is 0 Å². The Morgan fingerprint density at radius 2 is 1.77 bits per heavy atom.